The number of hydrogen-bond acceptors (Lipinski definition) is 3. The molecule has 0 spiro atoms. The maximum atomic E-state index is 4.82. The number of nitrogens with zero attached hydrogens (tertiary/aromatic N) is 2. The molecule has 0 atom stereocenters. The van der Waals surface area contributed by atoms with Crippen molar-refractivity contribution in [2.24, 2.45) is 5.92 Å². The van der Waals surface area contributed by atoms with Crippen LogP contribution in [-0.2, 0) is 6.42 Å². The van der Waals surface area contributed by atoms with Gasteiger partial charge in [-0.1, -0.05) is 26.8 Å². The van der Waals surface area contributed by atoms with Crippen LogP contribution in [0.25, 0.3) is 6.08 Å². The van der Waals surface area contributed by atoms with Crippen molar-refractivity contribution in [3.63, 3.8) is 0 Å². The smallest absolute Gasteiger partial charge is 0.0966 e. The van der Waals surface area contributed by atoms with E-state index < -0.39 is 0 Å². The van der Waals surface area contributed by atoms with Gasteiger partial charge in [-0.2, -0.15) is 0 Å². The molecule has 0 N–H and O–H groups in total. The molecule has 2 nitrogen and oxygen atoms in total. The standard InChI is InChI=1S/C15H22N2S.C2H6/c1-3-17(2)10-11-8-12(9-11)15-16-13-6-4-5-7-14(13)18-15;1-2/h4,6,11-12H,3,5,7-10H2,1-2H3;1-2H3. The predicted octanol–water partition coefficient (Wildman–Crippen LogP) is 4.57. The van der Waals surface area contributed by atoms with Crippen LogP contribution in [0.5, 0.6) is 0 Å². The zero-order valence-electron chi connectivity index (χ0n) is 13.4. The first kappa shape index (κ1) is 15.7. The summed E-state index contributed by atoms with van der Waals surface area (Å²) in [6, 6.07) is 0. The molecule has 0 saturated heterocycles. The zero-order chi connectivity index (χ0) is 14.5. The first-order valence-corrected chi connectivity index (χ1v) is 8.92. The third kappa shape index (κ3) is 3.50. The Kier molecular flexibility index (Phi) is 5.79. The topological polar surface area (TPSA) is 16.1 Å². The molecule has 0 radical (unpaired) electrons. The number of aryl methyl sites for hydroxylation is 1. The van der Waals surface area contributed by atoms with Crippen LogP contribution in [0.4, 0.5) is 0 Å². The van der Waals surface area contributed by atoms with Crippen LogP contribution < -0.4 is 0 Å². The summed E-state index contributed by atoms with van der Waals surface area (Å²) in [5.74, 6) is 1.65. The maximum absolute atomic E-state index is 4.82. The Labute approximate surface area is 127 Å². The van der Waals surface area contributed by atoms with E-state index >= 15 is 0 Å². The lowest BCUT2D eigenvalue weighted by molar-refractivity contribution is 0.185. The summed E-state index contributed by atoms with van der Waals surface area (Å²) >= 11 is 1.97. The van der Waals surface area contributed by atoms with Gasteiger partial charge in [0.25, 0.3) is 0 Å². The van der Waals surface area contributed by atoms with E-state index in [2.05, 4.69) is 31.0 Å². The fourth-order valence-corrected chi connectivity index (χ4v) is 4.13. The molecule has 1 aromatic heterocycles. The SMILES string of the molecule is CC.CCN(C)CC1CC(c2nc3c(s2)CCC=C3)C1. The Hall–Kier alpha value is -0.670. The van der Waals surface area contributed by atoms with Gasteiger partial charge < -0.3 is 4.90 Å². The van der Waals surface area contributed by atoms with Gasteiger partial charge in [0.15, 0.2) is 0 Å². The van der Waals surface area contributed by atoms with Crippen molar-refractivity contribution in [1.29, 1.82) is 0 Å². The minimum absolute atomic E-state index is 0.754. The van der Waals surface area contributed by atoms with Crippen molar-refractivity contribution in [1.82, 2.24) is 9.88 Å². The Morgan fingerprint density at radius 2 is 2.10 bits per heavy atom. The van der Waals surface area contributed by atoms with Crippen molar-refractivity contribution in [2.75, 3.05) is 20.1 Å². The highest BCUT2D eigenvalue weighted by Crippen LogP contribution is 2.44. The van der Waals surface area contributed by atoms with Crippen LogP contribution in [0.3, 0.4) is 0 Å². The second kappa shape index (κ2) is 7.37. The summed E-state index contributed by atoms with van der Waals surface area (Å²) in [6.07, 6.45) is 9.56. The first-order valence-electron chi connectivity index (χ1n) is 8.11. The average Bonchev–Trinajstić information content (AvgIpc) is 2.87. The van der Waals surface area contributed by atoms with Crippen molar-refractivity contribution < 1.29 is 0 Å². The number of fused-ring (bicyclic) bond motifs is 1. The fourth-order valence-electron chi connectivity index (χ4n) is 2.93. The third-order valence-corrected chi connectivity index (χ3v) is 5.55. The Bertz CT molecular complexity index is 444. The van der Waals surface area contributed by atoms with Crippen LogP contribution in [-0.4, -0.2) is 30.0 Å². The minimum Gasteiger partial charge on any atom is -0.306 e. The molecule has 1 saturated carbocycles. The molecule has 3 rings (SSSR count). The van der Waals surface area contributed by atoms with Crippen molar-refractivity contribution in [3.05, 3.63) is 21.7 Å². The number of aromatic nitrogens is 1. The lowest BCUT2D eigenvalue weighted by Crippen LogP contribution is -2.33. The van der Waals surface area contributed by atoms with Gasteiger partial charge >= 0.3 is 0 Å². The summed E-state index contributed by atoms with van der Waals surface area (Å²) in [6.45, 7) is 8.66. The fraction of sp³-hybridized carbons (Fsp3) is 0.706. The van der Waals surface area contributed by atoms with E-state index in [1.165, 1.54) is 47.8 Å². The molecule has 0 aromatic carbocycles. The van der Waals surface area contributed by atoms with Gasteiger partial charge in [0, 0.05) is 17.3 Å². The average molecular weight is 292 g/mol. The Morgan fingerprint density at radius 1 is 1.35 bits per heavy atom. The number of thiazole rings is 1. The summed E-state index contributed by atoms with van der Waals surface area (Å²) in [4.78, 5) is 8.77. The first-order chi connectivity index (χ1) is 9.76. The highest BCUT2D eigenvalue weighted by Gasteiger charge is 2.33. The highest BCUT2D eigenvalue weighted by molar-refractivity contribution is 7.12. The van der Waals surface area contributed by atoms with E-state index in [1.54, 1.807) is 0 Å². The van der Waals surface area contributed by atoms with E-state index in [4.69, 9.17) is 4.98 Å². The molecular weight excluding hydrogens is 264 g/mol. The monoisotopic (exact) mass is 292 g/mol. The van der Waals surface area contributed by atoms with Gasteiger partial charge in [0.1, 0.15) is 0 Å². The number of hydrogen-bond donors (Lipinski definition) is 0. The molecular formula is C17H28N2S. The molecule has 20 heavy (non-hydrogen) atoms. The van der Waals surface area contributed by atoms with Gasteiger partial charge in [0.2, 0.25) is 0 Å². The van der Waals surface area contributed by atoms with E-state index in [-0.39, 0.29) is 0 Å². The van der Waals surface area contributed by atoms with E-state index in [0.29, 0.717) is 0 Å². The molecule has 0 aliphatic heterocycles. The molecule has 1 fully saturated rings. The van der Waals surface area contributed by atoms with E-state index in [1.807, 2.05) is 25.2 Å². The van der Waals surface area contributed by atoms with Gasteiger partial charge in [-0.25, -0.2) is 4.98 Å². The van der Waals surface area contributed by atoms with Gasteiger partial charge in [-0.15, -0.1) is 11.3 Å². The van der Waals surface area contributed by atoms with Crippen LogP contribution in [0.1, 0.15) is 61.5 Å². The predicted molar refractivity (Wildman–Crippen MR) is 89.5 cm³/mol. The number of rotatable bonds is 4. The summed E-state index contributed by atoms with van der Waals surface area (Å²) in [5, 5.41) is 1.40. The molecule has 0 amide bonds. The molecule has 2 aliphatic rings. The van der Waals surface area contributed by atoms with Crippen LogP contribution in [0.2, 0.25) is 0 Å². The molecule has 0 bridgehead atoms. The second-order valence-electron chi connectivity index (χ2n) is 5.69. The highest BCUT2D eigenvalue weighted by atomic mass is 32.1. The van der Waals surface area contributed by atoms with E-state index in [0.717, 1.165) is 18.4 Å². The van der Waals surface area contributed by atoms with Crippen molar-refractivity contribution in [2.45, 2.75) is 52.4 Å². The normalized spacial score (nSPS) is 23.9. The molecule has 1 aromatic rings. The minimum atomic E-state index is 0.754. The van der Waals surface area contributed by atoms with Gasteiger partial charge in [-0.3, -0.25) is 0 Å². The Balaban J connectivity index is 0.000000704. The zero-order valence-corrected chi connectivity index (χ0v) is 14.2. The molecule has 112 valence electrons. The number of allylic oxidation sites excluding steroid dienone is 1. The lowest BCUT2D eigenvalue weighted by Gasteiger charge is -2.36. The van der Waals surface area contributed by atoms with Gasteiger partial charge in [-0.05, 0) is 51.3 Å². The lowest BCUT2D eigenvalue weighted by atomic mass is 9.75. The largest absolute Gasteiger partial charge is 0.306 e. The summed E-state index contributed by atoms with van der Waals surface area (Å²) < 4.78 is 0. The van der Waals surface area contributed by atoms with Crippen LogP contribution in [0.15, 0.2) is 6.08 Å². The molecule has 0 unspecified atom stereocenters. The third-order valence-electron chi connectivity index (χ3n) is 4.25. The van der Waals surface area contributed by atoms with Crippen LogP contribution in [0, 0.1) is 5.92 Å². The van der Waals surface area contributed by atoms with Crippen LogP contribution >= 0.6 is 11.3 Å². The Morgan fingerprint density at radius 3 is 2.75 bits per heavy atom. The molecule has 2 aliphatic carbocycles. The second-order valence-corrected chi connectivity index (χ2v) is 6.81. The summed E-state index contributed by atoms with van der Waals surface area (Å²) in [7, 11) is 2.22. The summed E-state index contributed by atoms with van der Waals surface area (Å²) in [5.41, 5.74) is 1.26. The molecule has 1 heterocycles. The van der Waals surface area contributed by atoms with Gasteiger partial charge in [0.05, 0.1) is 10.7 Å². The van der Waals surface area contributed by atoms with Crippen molar-refractivity contribution >= 4 is 17.4 Å². The van der Waals surface area contributed by atoms with Crippen molar-refractivity contribution in [3.8, 4) is 0 Å². The maximum Gasteiger partial charge on any atom is 0.0966 e. The van der Waals surface area contributed by atoms with E-state index in [9.17, 15) is 0 Å². The molecule has 3 heteroatoms. The quantitative estimate of drug-likeness (QED) is 0.808.